The molecule has 178 valence electrons. The molecule has 2 aliphatic rings. The van der Waals surface area contributed by atoms with Gasteiger partial charge in [-0.2, -0.15) is 0 Å². The van der Waals surface area contributed by atoms with Crippen molar-refractivity contribution < 1.29 is 27.6 Å². The van der Waals surface area contributed by atoms with E-state index in [1.54, 1.807) is 35.4 Å². The fourth-order valence-electron chi connectivity index (χ4n) is 4.68. The van der Waals surface area contributed by atoms with E-state index in [2.05, 4.69) is 0 Å². The maximum Gasteiger partial charge on any atom is 0.410 e. The minimum absolute atomic E-state index is 0.0587. The number of nitrogens with zero attached hydrogens (tertiary/aromatic N) is 1. The van der Waals surface area contributed by atoms with Crippen LogP contribution in [0.25, 0.3) is 11.1 Å². The summed E-state index contributed by atoms with van der Waals surface area (Å²) in [6, 6.07) is 9.13. The summed E-state index contributed by atoms with van der Waals surface area (Å²) in [4.78, 5) is 15.0. The number of carbonyl (C=O) groups excluding carboxylic acids is 1. The van der Waals surface area contributed by atoms with Crippen LogP contribution in [0, 0.1) is 11.6 Å². The highest BCUT2D eigenvalue weighted by Crippen LogP contribution is 2.39. The fraction of sp³-hybridized carbons (Fsp3) is 0.480. The number of carbonyl (C=O) groups is 1. The Morgan fingerprint density at radius 1 is 1.03 bits per heavy atom. The number of fused-ring (bicyclic) bond motifs is 2. The molecular formula is C25H29F2NO4S. The van der Waals surface area contributed by atoms with Crippen molar-refractivity contribution in [3.05, 3.63) is 48.0 Å². The number of halogens is 2. The first-order chi connectivity index (χ1) is 15.5. The Morgan fingerprint density at radius 2 is 1.58 bits per heavy atom. The van der Waals surface area contributed by atoms with Crippen LogP contribution >= 0.6 is 0 Å². The van der Waals surface area contributed by atoms with Gasteiger partial charge in [-0.05, 0) is 92.3 Å². The second-order valence-electron chi connectivity index (χ2n) is 9.73. The van der Waals surface area contributed by atoms with Crippen LogP contribution in [0.15, 0.2) is 41.3 Å². The van der Waals surface area contributed by atoms with Crippen LogP contribution in [-0.2, 0) is 15.9 Å². The molecule has 3 atom stereocenters. The molecule has 2 aliphatic heterocycles. The van der Waals surface area contributed by atoms with E-state index in [-0.39, 0.29) is 30.0 Å². The quantitative estimate of drug-likeness (QED) is 0.532. The summed E-state index contributed by atoms with van der Waals surface area (Å²) in [5.41, 5.74) is 0.425. The van der Waals surface area contributed by atoms with E-state index in [0.29, 0.717) is 28.9 Å². The molecule has 3 unspecified atom stereocenters. The van der Waals surface area contributed by atoms with E-state index in [9.17, 15) is 18.1 Å². The Hall–Kier alpha value is -2.32. The number of piperidine rings is 1. The van der Waals surface area contributed by atoms with Gasteiger partial charge < -0.3 is 18.9 Å². The lowest BCUT2D eigenvalue weighted by Crippen LogP contribution is -2.50. The SMILES string of the molecule is C[S+]([O-])c1ccc(-c2cc(F)c(OC3CC4CCC(C3)N4C(=O)OC(C)(C)C)c(F)c2)cc1. The Morgan fingerprint density at radius 3 is 2.06 bits per heavy atom. The van der Waals surface area contributed by atoms with Gasteiger partial charge in [-0.25, -0.2) is 13.6 Å². The van der Waals surface area contributed by atoms with Crippen molar-refractivity contribution in [1.29, 1.82) is 0 Å². The Labute approximate surface area is 196 Å². The third kappa shape index (κ3) is 5.27. The summed E-state index contributed by atoms with van der Waals surface area (Å²) in [6.07, 6.45) is 3.52. The summed E-state index contributed by atoms with van der Waals surface area (Å²) in [5.74, 6) is -1.93. The van der Waals surface area contributed by atoms with Gasteiger partial charge in [-0.15, -0.1) is 0 Å². The standard InChI is InChI=1S/C25H29F2NO4S/c1-25(2,3)32-24(29)28-17-7-8-18(28)14-19(13-17)31-23-21(26)11-16(12-22(23)27)15-5-9-20(10-6-15)33(4)30/h5-6,9-12,17-19H,7-8,13-14H2,1-4H3. The van der Waals surface area contributed by atoms with E-state index in [1.165, 1.54) is 12.1 Å². The van der Waals surface area contributed by atoms with Crippen LogP contribution in [0.1, 0.15) is 46.5 Å². The topological polar surface area (TPSA) is 61.8 Å². The van der Waals surface area contributed by atoms with Gasteiger partial charge in [0.1, 0.15) is 18.0 Å². The number of benzene rings is 2. The molecule has 0 aromatic heterocycles. The van der Waals surface area contributed by atoms with Gasteiger partial charge in [0, 0.05) is 24.9 Å². The molecule has 5 nitrogen and oxygen atoms in total. The predicted octanol–water partition coefficient (Wildman–Crippen LogP) is 5.68. The first kappa shape index (κ1) is 23.8. The van der Waals surface area contributed by atoms with E-state index in [1.807, 2.05) is 20.8 Å². The fourth-order valence-corrected chi connectivity index (χ4v) is 5.20. The number of rotatable bonds is 4. The van der Waals surface area contributed by atoms with E-state index >= 15 is 0 Å². The van der Waals surface area contributed by atoms with Crippen LogP contribution in [0.3, 0.4) is 0 Å². The zero-order chi connectivity index (χ0) is 23.9. The molecule has 2 saturated heterocycles. The predicted molar refractivity (Wildman–Crippen MR) is 123 cm³/mol. The van der Waals surface area contributed by atoms with Crippen molar-refractivity contribution in [3.8, 4) is 16.9 Å². The average molecular weight is 478 g/mol. The highest BCUT2D eigenvalue weighted by atomic mass is 32.2. The van der Waals surface area contributed by atoms with Crippen LogP contribution in [0.2, 0.25) is 0 Å². The Balaban J connectivity index is 1.46. The van der Waals surface area contributed by atoms with Crippen molar-refractivity contribution >= 4 is 17.3 Å². The second-order valence-corrected chi connectivity index (χ2v) is 11.1. The van der Waals surface area contributed by atoms with Crippen molar-refractivity contribution in [1.82, 2.24) is 4.90 Å². The van der Waals surface area contributed by atoms with Crippen molar-refractivity contribution in [2.75, 3.05) is 6.26 Å². The van der Waals surface area contributed by atoms with Crippen LogP contribution in [0.4, 0.5) is 13.6 Å². The number of amides is 1. The molecule has 0 radical (unpaired) electrons. The molecule has 2 aromatic rings. The van der Waals surface area contributed by atoms with Crippen LogP contribution in [-0.4, -0.2) is 45.6 Å². The first-order valence-electron chi connectivity index (χ1n) is 11.1. The number of hydrogen-bond donors (Lipinski definition) is 0. The summed E-state index contributed by atoms with van der Waals surface area (Å²) < 4.78 is 52.6. The number of hydrogen-bond acceptors (Lipinski definition) is 4. The molecule has 2 fully saturated rings. The zero-order valence-electron chi connectivity index (χ0n) is 19.3. The lowest BCUT2D eigenvalue weighted by molar-refractivity contribution is -0.00804. The molecule has 2 bridgehead atoms. The molecule has 2 heterocycles. The monoisotopic (exact) mass is 477 g/mol. The maximum atomic E-state index is 14.9. The molecule has 0 N–H and O–H groups in total. The average Bonchev–Trinajstić information content (AvgIpc) is 3.00. The highest BCUT2D eigenvalue weighted by molar-refractivity contribution is 7.90. The van der Waals surface area contributed by atoms with Gasteiger partial charge in [0.15, 0.2) is 22.3 Å². The maximum absolute atomic E-state index is 14.9. The normalized spacial score (nSPS) is 23.4. The van der Waals surface area contributed by atoms with Gasteiger partial charge in [0.05, 0.1) is 0 Å². The molecule has 4 rings (SSSR count). The Bertz CT molecular complexity index is 985. The minimum atomic E-state index is -1.12. The minimum Gasteiger partial charge on any atom is -0.612 e. The molecular weight excluding hydrogens is 448 g/mol. The van der Waals surface area contributed by atoms with E-state index < -0.39 is 28.4 Å². The smallest absolute Gasteiger partial charge is 0.410 e. The third-order valence-electron chi connectivity index (χ3n) is 6.10. The van der Waals surface area contributed by atoms with Gasteiger partial charge in [0.2, 0.25) is 0 Å². The highest BCUT2D eigenvalue weighted by Gasteiger charge is 2.45. The van der Waals surface area contributed by atoms with Gasteiger partial charge in [0.25, 0.3) is 0 Å². The van der Waals surface area contributed by atoms with E-state index in [4.69, 9.17) is 9.47 Å². The molecule has 8 heteroatoms. The van der Waals surface area contributed by atoms with Crippen LogP contribution in [0.5, 0.6) is 5.75 Å². The molecule has 0 spiro atoms. The van der Waals surface area contributed by atoms with Gasteiger partial charge in [-0.1, -0.05) is 0 Å². The van der Waals surface area contributed by atoms with Crippen molar-refractivity contribution in [3.63, 3.8) is 0 Å². The molecule has 0 aliphatic carbocycles. The lowest BCUT2D eigenvalue weighted by Gasteiger charge is -2.39. The molecule has 1 amide bonds. The number of ether oxygens (including phenoxy) is 2. The van der Waals surface area contributed by atoms with Crippen LogP contribution < -0.4 is 4.74 Å². The summed E-state index contributed by atoms with van der Waals surface area (Å²) >= 11 is -1.12. The van der Waals surface area contributed by atoms with Crippen molar-refractivity contribution in [2.24, 2.45) is 0 Å². The summed E-state index contributed by atoms with van der Waals surface area (Å²) in [5, 5.41) is 0. The third-order valence-corrected chi connectivity index (χ3v) is 7.03. The summed E-state index contributed by atoms with van der Waals surface area (Å²) in [6.45, 7) is 5.49. The second kappa shape index (κ2) is 9.14. The zero-order valence-corrected chi connectivity index (χ0v) is 20.1. The first-order valence-corrected chi connectivity index (χ1v) is 12.7. The van der Waals surface area contributed by atoms with Crippen molar-refractivity contribution in [2.45, 2.75) is 75.1 Å². The molecule has 2 aromatic carbocycles. The largest absolute Gasteiger partial charge is 0.612 e. The molecule has 33 heavy (non-hydrogen) atoms. The lowest BCUT2D eigenvalue weighted by atomic mass is 10.00. The molecule has 0 saturated carbocycles. The Kier molecular flexibility index (Phi) is 6.60. The van der Waals surface area contributed by atoms with Gasteiger partial charge in [-0.3, -0.25) is 0 Å². The van der Waals surface area contributed by atoms with E-state index in [0.717, 1.165) is 12.8 Å². The van der Waals surface area contributed by atoms with Gasteiger partial charge >= 0.3 is 6.09 Å². The summed E-state index contributed by atoms with van der Waals surface area (Å²) in [7, 11) is 0.